The second-order valence-corrected chi connectivity index (χ2v) is 4.34. The molecule has 0 saturated heterocycles. The van der Waals surface area contributed by atoms with Crippen LogP contribution < -0.4 is 5.11 Å². The summed E-state index contributed by atoms with van der Waals surface area (Å²) in [6.45, 7) is -2.15. The molecule has 16 heavy (non-hydrogen) atoms. The number of nitrogens with zero attached hydrogens (tertiary/aromatic N) is 1. The van der Waals surface area contributed by atoms with E-state index >= 15 is 0 Å². The zero-order valence-electron chi connectivity index (χ0n) is 12.7. The minimum atomic E-state index is -2.42. The van der Waals surface area contributed by atoms with E-state index in [-0.39, 0.29) is 19.0 Å². The van der Waals surface area contributed by atoms with E-state index in [1.165, 1.54) is 0 Å². The van der Waals surface area contributed by atoms with Crippen molar-refractivity contribution in [3.63, 3.8) is 0 Å². The Hall–Kier alpha value is -0.810. The second kappa shape index (κ2) is 7.46. The maximum atomic E-state index is 11.3. The van der Waals surface area contributed by atoms with Gasteiger partial charge < -0.3 is 19.1 Å². The average molecular weight is 257 g/mol. The van der Waals surface area contributed by atoms with Crippen molar-refractivity contribution >= 4 is 24.3 Å². The summed E-state index contributed by atoms with van der Waals surface area (Å²) in [5.74, 6) is -2.26. The highest BCUT2D eigenvalue weighted by molar-refractivity contribution is 5.85. The summed E-state index contributed by atoms with van der Waals surface area (Å²) in [7, 11) is 5.42. The topological polar surface area (TPSA) is 66.4 Å². The summed E-state index contributed by atoms with van der Waals surface area (Å²) in [6, 6.07) is 0. The lowest BCUT2D eigenvalue weighted by Gasteiger charge is -2.29. The molecule has 0 saturated carbocycles. The Morgan fingerprint density at radius 2 is 2.00 bits per heavy atom. The van der Waals surface area contributed by atoms with Crippen molar-refractivity contribution in [2.24, 2.45) is 0 Å². The van der Waals surface area contributed by atoms with Gasteiger partial charge in [0.2, 0.25) is 0 Å². The van der Waals surface area contributed by atoms with Crippen LogP contribution in [0.5, 0.6) is 0 Å². The minimum Gasteiger partial charge on any atom is -0.550 e. The van der Waals surface area contributed by atoms with E-state index in [2.05, 4.69) is 0 Å². The highest BCUT2D eigenvalue weighted by Crippen LogP contribution is 2.05. The van der Waals surface area contributed by atoms with Crippen LogP contribution in [-0.2, 0) is 14.3 Å². The lowest BCUT2D eigenvalue weighted by molar-refractivity contribution is -0.873. The van der Waals surface area contributed by atoms with Gasteiger partial charge in [0.1, 0.15) is 6.54 Å². The van der Waals surface area contributed by atoms with Gasteiger partial charge in [0.25, 0.3) is 0 Å². The van der Waals surface area contributed by atoms with Crippen molar-refractivity contribution in [2.45, 2.75) is 25.8 Å². The molecule has 0 heterocycles. The van der Waals surface area contributed by atoms with E-state index in [9.17, 15) is 14.7 Å². The van der Waals surface area contributed by atoms with Crippen molar-refractivity contribution in [2.75, 3.05) is 27.7 Å². The van der Waals surface area contributed by atoms with Gasteiger partial charge in [-0.2, -0.15) is 0 Å². The number of carboxylic acid groups (broad SMARTS) is 1. The number of carbonyl (C=O) groups excluding carboxylic acids is 2. The van der Waals surface area contributed by atoms with Crippen molar-refractivity contribution in [1.29, 1.82) is 0 Å². The summed E-state index contributed by atoms with van der Waals surface area (Å²) in [4.78, 5) is 21.9. The number of carboxylic acids is 1. The summed E-state index contributed by atoms with van der Waals surface area (Å²) in [5.41, 5.74) is 0. The molecule has 0 aliphatic rings. The summed E-state index contributed by atoms with van der Waals surface area (Å²) in [6.07, 6.45) is -2.06. The predicted octanol–water partition coefficient (Wildman–Crippen LogP) is -0.424. The number of carbonyl (C=O) groups is 2. The standard InChI is InChI=1S/C10H19NO4.ClH/c1-5-10(14)15-8(6-9(12)13)7-11(2,3)4;/h8H,5-7H2,1-4H3;1H/t8-;/m1./s1/i1D3;. The first-order chi connectivity index (χ1) is 7.89. The molecule has 6 heteroatoms. The fourth-order valence-corrected chi connectivity index (χ4v) is 1.17. The molecule has 1 atom stereocenters. The van der Waals surface area contributed by atoms with Crippen LogP contribution in [0.15, 0.2) is 0 Å². The van der Waals surface area contributed by atoms with Gasteiger partial charge in [-0.15, -0.1) is 12.4 Å². The van der Waals surface area contributed by atoms with Crippen LogP contribution in [0.2, 0.25) is 0 Å². The Labute approximate surface area is 107 Å². The van der Waals surface area contributed by atoms with Gasteiger partial charge in [0, 0.05) is 22.9 Å². The number of quaternary nitrogens is 1. The van der Waals surface area contributed by atoms with Crippen LogP contribution in [0.4, 0.5) is 0 Å². The molecule has 0 aromatic heterocycles. The summed E-state index contributed by atoms with van der Waals surface area (Å²) in [5, 5.41) is 10.5. The number of rotatable bonds is 6. The number of likely N-dealkylation sites (N-methyl/N-ethyl adjacent to an activating group) is 1. The molecule has 0 aromatic rings. The van der Waals surface area contributed by atoms with Crippen LogP contribution in [0.3, 0.4) is 0 Å². The van der Waals surface area contributed by atoms with Gasteiger partial charge in [-0.1, -0.05) is 6.85 Å². The normalized spacial score (nSPS) is 16.1. The number of hydrogen-bond donors (Lipinski definition) is 0. The number of aliphatic carboxylic acids is 1. The Balaban J connectivity index is 0. The maximum absolute atomic E-state index is 11.3. The van der Waals surface area contributed by atoms with Crippen molar-refractivity contribution in [1.82, 2.24) is 0 Å². The van der Waals surface area contributed by atoms with Gasteiger partial charge >= 0.3 is 5.97 Å². The first-order valence-electron chi connectivity index (χ1n) is 6.09. The lowest BCUT2D eigenvalue weighted by Crippen LogP contribution is -2.45. The molecule has 0 N–H and O–H groups in total. The predicted molar refractivity (Wildman–Crippen MR) is 59.9 cm³/mol. The maximum Gasteiger partial charge on any atom is 0.306 e. The van der Waals surface area contributed by atoms with Gasteiger partial charge in [-0.25, -0.2) is 0 Å². The fourth-order valence-electron chi connectivity index (χ4n) is 1.17. The number of hydrogen-bond acceptors (Lipinski definition) is 4. The second-order valence-electron chi connectivity index (χ2n) is 4.34. The van der Waals surface area contributed by atoms with Crippen LogP contribution in [0.25, 0.3) is 0 Å². The summed E-state index contributed by atoms with van der Waals surface area (Å²) < 4.78 is 26.0. The zero-order chi connectivity index (χ0) is 14.6. The minimum absolute atomic E-state index is 0. The van der Waals surface area contributed by atoms with Crippen molar-refractivity contribution in [3.05, 3.63) is 0 Å². The summed E-state index contributed by atoms with van der Waals surface area (Å²) >= 11 is 0. The molecule has 0 spiro atoms. The van der Waals surface area contributed by atoms with Crippen molar-refractivity contribution in [3.8, 4) is 0 Å². The smallest absolute Gasteiger partial charge is 0.306 e. The third-order valence-corrected chi connectivity index (χ3v) is 1.59. The Morgan fingerprint density at radius 3 is 2.38 bits per heavy atom. The molecule has 0 aliphatic heterocycles. The number of ether oxygens (including phenoxy) is 1. The molecule has 0 radical (unpaired) electrons. The monoisotopic (exact) mass is 256 g/mol. The third-order valence-electron chi connectivity index (χ3n) is 1.59. The van der Waals surface area contributed by atoms with Crippen LogP contribution in [0, 0.1) is 0 Å². The fraction of sp³-hybridized carbons (Fsp3) is 0.800. The molecule has 0 unspecified atom stereocenters. The van der Waals surface area contributed by atoms with Crippen LogP contribution in [-0.4, -0.2) is 50.2 Å². The Bertz CT molecular complexity index is 315. The molecule has 96 valence electrons. The average Bonchev–Trinajstić information content (AvgIpc) is 1.92. The van der Waals surface area contributed by atoms with Crippen LogP contribution in [0.1, 0.15) is 23.8 Å². The Kier molecular flexibility index (Phi) is 5.44. The van der Waals surface area contributed by atoms with E-state index in [1.54, 1.807) is 21.1 Å². The van der Waals surface area contributed by atoms with Crippen molar-refractivity contribution < 1.29 is 28.0 Å². The molecule has 0 amide bonds. The first kappa shape index (κ1) is 11.7. The third kappa shape index (κ3) is 9.73. The SMILES string of the molecule is Cl.[2H]C([2H])([2H])CC(=O)O[C@H](CC(=O)[O-])C[N+](C)(C)C. The molecule has 0 rings (SSSR count). The van der Waals surface area contributed by atoms with Gasteiger partial charge in [-0.05, 0) is 0 Å². The zero-order valence-corrected chi connectivity index (χ0v) is 10.5. The molecule has 0 aromatic carbocycles. The number of esters is 1. The van der Waals surface area contributed by atoms with Crippen LogP contribution >= 0.6 is 12.4 Å². The van der Waals surface area contributed by atoms with E-state index in [4.69, 9.17) is 8.85 Å². The molecule has 5 nitrogen and oxygen atoms in total. The highest BCUT2D eigenvalue weighted by atomic mass is 35.5. The molecule has 0 bridgehead atoms. The van der Waals surface area contributed by atoms with Gasteiger partial charge in [-0.3, -0.25) is 4.79 Å². The quantitative estimate of drug-likeness (QED) is 0.478. The highest BCUT2D eigenvalue weighted by Gasteiger charge is 2.21. The lowest BCUT2D eigenvalue weighted by atomic mass is 10.2. The molecular weight excluding hydrogens is 234 g/mol. The number of halogens is 1. The molecular formula is C10H20ClNO4. The largest absolute Gasteiger partial charge is 0.550 e. The van der Waals surface area contributed by atoms with Gasteiger partial charge in [0.05, 0.1) is 21.1 Å². The first-order valence-corrected chi connectivity index (χ1v) is 4.59. The Morgan fingerprint density at radius 1 is 1.44 bits per heavy atom. The van der Waals surface area contributed by atoms with E-state index in [0.29, 0.717) is 4.48 Å². The van der Waals surface area contributed by atoms with Gasteiger partial charge in [0.15, 0.2) is 6.10 Å². The van der Waals surface area contributed by atoms with E-state index in [1.807, 2.05) is 0 Å². The molecule has 0 aliphatic carbocycles. The van der Waals surface area contributed by atoms with E-state index in [0.717, 1.165) is 0 Å². The molecule has 0 fully saturated rings. The van der Waals surface area contributed by atoms with E-state index < -0.39 is 37.7 Å².